The van der Waals surface area contributed by atoms with Gasteiger partial charge in [0, 0.05) is 21.1 Å². The van der Waals surface area contributed by atoms with Crippen LogP contribution in [-0.4, -0.2) is 0 Å². The average molecular weight is 420 g/mol. The van der Waals surface area contributed by atoms with Gasteiger partial charge in [0.05, 0.1) is 0 Å². The molecule has 0 nitrogen and oxygen atoms in total. The molecule has 0 heterocycles. The molecule has 1 heteroatoms. The second-order valence-corrected chi connectivity index (χ2v) is 6.44. The molecular formula is C24H36Mo. The average Bonchev–Trinajstić information content (AvgIpc) is 2.67. The number of rotatable bonds is 6. The topological polar surface area (TPSA) is 0 Å². The molecule has 0 bridgehead atoms. The van der Waals surface area contributed by atoms with Crippen molar-refractivity contribution in [2.45, 2.75) is 80.1 Å². The van der Waals surface area contributed by atoms with Crippen molar-refractivity contribution in [3.8, 4) is 0 Å². The Hall–Kier alpha value is -0.872. The fraction of sp³-hybridized carbons (Fsp3) is 0.500. The molecule has 0 atom stereocenters. The molecule has 0 aliphatic rings. The minimum Gasteiger partial charge on any atom is -0.0613 e. The summed E-state index contributed by atoms with van der Waals surface area (Å²) < 4.78 is 0. The molecule has 0 fully saturated rings. The van der Waals surface area contributed by atoms with Gasteiger partial charge in [-0.1, -0.05) is 77.9 Å². The second kappa shape index (κ2) is 13.3. The van der Waals surface area contributed by atoms with E-state index in [4.69, 9.17) is 0 Å². The molecule has 25 heavy (non-hydrogen) atoms. The van der Waals surface area contributed by atoms with E-state index in [0.29, 0.717) is 0 Å². The van der Waals surface area contributed by atoms with Gasteiger partial charge in [0.2, 0.25) is 0 Å². The summed E-state index contributed by atoms with van der Waals surface area (Å²) in [5.41, 5.74) is 8.87. The van der Waals surface area contributed by atoms with E-state index in [1.807, 2.05) is 0 Å². The van der Waals surface area contributed by atoms with Crippen LogP contribution in [0.4, 0.5) is 0 Å². The molecular weight excluding hydrogens is 384 g/mol. The van der Waals surface area contributed by atoms with Crippen molar-refractivity contribution in [3.63, 3.8) is 0 Å². The molecule has 0 amide bonds. The van der Waals surface area contributed by atoms with Gasteiger partial charge in [0.25, 0.3) is 0 Å². The fourth-order valence-electron chi connectivity index (χ4n) is 2.90. The van der Waals surface area contributed by atoms with Gasteiger partial charge in [-0.05, 0) is 71.9 Å². The van der Waals surface area contributed by atoms with E-state index >= 15 is 0 Å². The molecule has 2 rings (SSSR count). The fourth-order valence-corrected chi connectivity index (χ4v) is 2.90. The number of hydrogen-bond acceptors (Lipinski definition) is 0. The minimum atomic E-state index is 0. The van der Waals surface area contributed by atoms with Gasteiger partial charge in [-0.25, -0.2) is 0 Å². The molecule has 0 unspecified atom stereocenters. The largest absolute Gasteiger partial charge is 0.0613 e. The molecule has 0 aromatic heterocycles. The Labute approximate surface area is 170 Å². The number of aryl methyl sites for hydroxylation is 6. The van der Waals surface area contributed by atoms with Crippen LogP contribution < -0.4 is 0 Å². The Balaban J connectivity index is 0.000000443. The summed E-state index contributed by atoms with van der Waals surface area (Å²) in [7, 11) is 0. The van der Waals surface area contributed by atoms with Crippen LogP contribution in [-0.2, 0) is 59.6 Å². The molecule has 0 saturated carbocycles. The normalized spacial score (nSPS) is 9.84. The van der Waals surface area contributed by atoms with Crippen molar-refractivity contribution in [1.82, 2.24) is 0 Å². The van der Waals surface area contributed by atoms with Crippen molar-refractivity contribution in [2.24, 2.45) is 0 Å². The molecule has 0 N–H and O–H groups in total. The van der Waals surface area contributed by atoms with Crippen LogP contribution in [0.2, 0.25) is 0 Å². The molecule has 0 aliphatic heterocycles. The van der Waals surface area contributed by atoms with Gasteiger partial charge in [-0.2, -0.15) is 0 Å². The van der Waals surface area contributed by atoms with Crippen LogP contribution in [0.1, 0.15) is 74.9 Å². The van der Waals surface area contributed by atoms with E-state index in [9.17, 15) is 0 Å². The maximum atomic E-state index is 2.32. The van der Waals surface area contributed by atoms with E-state index in [-0.39, 0.29) is 21.1 Å². The first kappa shape index (κ1) is 24.1. The van der Waals surface area contributed by atoms with Gasteiger partial charge in [-0.3, -0.25) is 0 Å². The summed E-state index contributed by atoms with van der Waals surface area (Å²) in [6.45, 7) is 13.3. The molecule has 0 saturated heterocycles. The van der Waals surface area contributed by atoms with Crippen LogP contribution >= 0.6 is 0 Å². The Morgan fingerprint density at radius 3 is 0.560 bits per heavy atom. The quantitative estimate of drug-likeness (QED) is 0.454. The summed E-state index contributed by atoms with van der Waals surface area (Å²) in [6, 6.07) is 13.9. The Bertz CT molecular complexity index is 448. The maximum absolute atomic E-state index is 2.32. The summed E-state index contributed by atoms with van der Waals surface area (Å²) in [5.74, 6) is 0. The summed E-state index contributed by atoms with van der Waals surface area (Å²) >= 11 is 0. The zero-order valence-electron chi connectivity index (χ0n) is 17.1. The SMILES string of the molecule is CCc1cc(CC)cc(CC)c1.CCc1cc(CC)cc(CC)c1.[Mo]. The van der Waals surface area contributed by atoms with E-state index in [1.54, 1.807) is 0 Å². The zero-order chi connectivity index (χ0) is 17.9. The van der Waals surface area contributed by atoms with Crippen LogP contribution in [0.3, 0.4) is 0 Å². The van der Waals surface area contributed by atoms with Crippen molar-refractivity contribution in [2.75, 3.05) is 0 Å². The third-order valence-electron chi connectivity index (χ3n) is 4.67. The van der Waals surface area contributed by atoms with Gasteiger partial charge in [0.1, 0.15) is 0 Å². The molecule has 2 aromatic rings. The molecule has 0 radical (unpaired) electrons. The van der Waals surface area contributed by atoms with Gasteiger partial charge in [-0.15, -0.1) is 0 Å². The molecule has 0 aliphatic carbocycles. The van der Waals surface area contributed by atoms with Crippen LogP contribution in [0, 0.1) is 0 Å². The van der Waals surface area contributed by atoms with Crippen LogP contribution in [0.15, 0.2) is 36.4 Å². The van der Waals surface area contributed by atoms with Gasteiger partial charge >= 0.3 is 0 Å². The number of benzene rings is 2. The van der Waals surface area contributed by atoms with E-state index in [2.05, 4.69) is 77.9 Å². The summed E-state index contributed by atoms with van der Waals surface area (Å²) in [6.07, 6.45) is 6.92. The standard InChI is InChI=1S/2C12H18.Mo/c2*1-4-10-7-11(5-2)9-12(6-3)8-10;/h2*7-9H,4-6H2,1-3H3;. The third-order valence-corrected chi connectivity index (χ3v) is 4.67. The van der Waals surface area contributed by atoms with Gasteiger partial charge in [0.15, 0.2) is 0 Å². The molecule has 138 valence electrons. The van der Waals surface area contributed by atoms with E-state index < -0.39 is 0 Å². The Morgan fingerprint density at radius 2 is 0.480 bits per heavy atom. The van der Waals surface area contributed by atoms with E-state index in [0.717, 1.165) is 38.5 Å². The Kier molecular flexibility index (Phi) is 12.9. The monoisotopic (exact) mass is 422 g/mol. The van der Waals surface area contributed by atoms with Gasteiger partial charge < -0.3 is 0 Å². The van der Waals surface area contributed by atoms with Crippen molar-refractivity contribution in [3.05, 3.63) is 69.8 Å². The molecule has 0 spiro atoms. The predicted octanol–water partition coefficient (Wildman–Crippen LogP) is 6.75. The smallest absolute Gasteiger partial charge is 0 e. The van der Waals surface area contributed by atoms with Crippen LogP contribution in [0.5, 0.6) is 0 Å². The van der Waals surface area contributed by atoms with Crippen LogP contribution in [0.25, 0.3) is 0 Å². The summed E-state index contributed by atoms with van der Waals surface area (Å²) in [4.78, 5) is 0. The maximum Gasteiger partial charge on any atom is 0 e. The van der Waals surface area contributed by atoms with E-state index in [1.165, 1.54) is 33.4 Å². The molecule has 2 aromatic carbocycles. The first-order chi connectivity index (χ1) is 11.6. The van der Waals surface area contributed by atoms with Crippen molar-refractivity contribution >= 4 is 0 Å². The third kappa shape index (κ3) is 8.37. The van der Waals surface area contributed by atoms with Crippen molar-refractivity contribution < 1.29 is 21.1 Å². The minimum absolute atomic E-state index is 0. The predicted molar refractivity (Wildman–Crippen MR) is 109 cm³/mol. The second-order valence-electron chi connectivity index (χ2n) is 6.44. The first-order valence-corrected chi connectivity index (χ1v) is 9.83. The van der Waals surface area contributed by atoms with Crippen molar-refractivity contribution in [1.29, 1.82) is 0 Å². The number of hydrogen-bond donors (Lipinski definition) is 0. The zero-order valence-corrected chi connectivity index (χ0v) is 19.1. The summed E-state index contributed by atoms with van der Waals surface area (Å²) in [5, 5.41) is 0. The first-order valence-electron chi connectivity index (χ1n) is 9.83. The Morgan fingerprint density at radius 1 is 0.360 bits per heavy atom.